The largest absolute Gasteiger partial charge is 0.496 e. The third kappa shape index (κ3) is 3.41. The van der Waals surface area contributed by atoms with E-state index in [0.29, 0.717) is 5.75 Å². The average Bonchev–Trinajstić information content (AvgIpc) is 3.31. The first-order chi connectivity index (χ1) is 12.7. The predicted molar refractivity (Wildman–Crippen MR) is 99.3 cm³/mol. The third-order valence-corrected chi connectivity index (χ3v) is 4.56. The van der Waals surface area contributed by atoms with Gasteiger partial charge in [0.25, 0.3) is 0 Å². The Hall–Kier alpha value is -2.86. The number of H-pyrrole nitrogens is 1. The van der Waals surface area contributed by atoms with Crippen molar-refractivity contribution in [1.82, 2.24) is 9.97 Å². The van der Waals surface area contributed by atoms with E-state index >= 15 is 0 Å². The molecule has 0 spiro atoms. The number of anilines is 1. The number of aromatic nitrogens is 2. The summed E-state index contributed by atoms with van der Waals surface area (Å²) in [5.41, 5.74) is 3.36. The van der Waals surface area contributed by atoms with E-state index in [9.17, 15) is 4.79 Å². The van der Waals surface area contributed by atoms with Crippen LogP contribution in [0.25, 0.3) is 11.0 Å². The molecule has 1 fully saturated rings. The summed E-state index contributed by atoms with van der Waals surface area (Å²) >= 11 is 0. The van der Waals surface area contributed by atoms with Crippen LogP contribution >= 0.6 is 0 Å². The van der Waals surface area contributed by atoms with Gasteiger partial charge in [0.15, 0.2) is 0 Å². The van der Waals surface area contributed by atoms with Crippen LogP contribution in [0.1, 0.15) is 30.3 Å². The van der Waals surface area contributed by atoms with Crippen molar-refractivity contribution < 1.29 is 14.3 Å². The molecule has 6 heteroatoms. The number of methoxy groups -OCH3 is 1. The van der Waals surface area contributed by atoms with E-state index in [1.54, 1.807) is 7.11 Å². The topological polar surface area (TPSA) is 76.2 Å². The number of carbonyl (C=O) groups is 1. The number of imidazole rings is 1. The minimum absolute atomic E-state index is 0.0472. The van der Waals surface area contributed by atoms with E-state index in [4.69, 9.17) is 9.47 Å². The van der Waals surface area contributed by atoms with Crippen molar-refractivity contribution in [2.45, 2.75) is 25.4 Å². The Morgan fingerprint density at radius 1 is 1.35 bits per heavy atom. The Bertz CT molecular complexity index is 929. The number of hydrogen-bond donors (Lipinski definition) is 2. The summed E-state index contributed by atoms with van der Waals surface area (Å²) in [6.07, 6.45) is 2.35. The summed E-state index contributed by atoms with van der Waals surface area (Å²) in [5, 5.41) is 2.94. The maximum Gasteiger partial charge on any atom is 0.228 e. The van der Waals surface area contributed by atoms with Crippen LogP contribution in [0.15, 0.2) is 42.5 Å². The van der Waals surface area contributed by atoms with Gasteiger partial charge in [-0.15, -0.1) is 0 Å². The molecule has 2 heterocycles. The molecule has 1 aromatic heterocycles. The van der Waals surface area contributed by atoms with E-state index in [0.717, 1.165) is 47.6 Å². The number of nitrogens with zero attached hydrogens (tertiary/aromatic N) is 1. The molecule has 1 aliphatic heterocycles. The first-order valence-electron chi connectivity index (χ1n) is 8.76. The van der Waals surface area contributed by atoms with Crippen LogP contribution in [0.3, 0.4) is 0 Å². The zero-order chi connectivity index (χ0) is 17.9. The molecule has 1 saturated heterocycles. The van der Waals surface area contributed by atoms with Crippen molar-refractivity contribution in [3.05, 3.63) is 53.9 Å². The van der Waals surface area contributed by atoms with E-state index in [2.05, 4.69) is 15.3 Å². The monoisotopic (exact) mass is 351 g/mol. The molecule has 1 aliphatic rings. The van der Waals surface area contributed by atoms with Crippen LogP contribution in [-0.4, -0.2) is 29.6 Å². The lowest BCUT2D eigenvalue weighted by atomic mass is 10.1. The molecule has 6 nitrogen and oxygen atoms in total. The number of nitrogens with one attached hydrogen (secondary N) is 2. The Morgan fingerprint density at radius 3 is 3.04 bits per heavy atom. The van der Waals surface area contributed by atoms with Gasteiger partial charge in [-0.3, -0.25) is 4.79 Å². The molecule has 1 atom stereocenters. The van der Waals surface area contributed by atoms with Crippen LogP contribution in [0.2, 0.25) is 0 Å². The smallest absolute Gasteiger partial charge is 0.228 e. The number of fused-ring (bicyclic) bond motifs is 1. The van der Waals surface area contributed by atoms with Gasteiger partial charge < -0.3 is 19.8 Å². The van der Waals surface area contributed by atoms with Crippen molar-refractivity contribution in [3.8, 4) is 5.75 Å². The molecule has 26 heavy (non-hydrogen) atoms. The Morgan fingerprint density at radius 2 is 2.23 bits per heavy atom. The van der Waals surface area contributed by atoms with Gasteiger partial charge in [0.2, 0.25) is 5.91 Å². The zero-order valence-electron chi connectivity index (χ0n) is 14.6. The molecule has 0 unspecified atom stereocenters. The first-order valence-corrected chi connectivity index (χ1v) is 8.76. The predicted octanol–water partition coefficient (Wildman–Crippen LogP) is 3.60. The van der Waals surface area contributed by atoms with Crippen molar-refractivity contribution in [2.75, 3.05) is 19.0 Å². The van der Waals surface area contributed by atoms with Gasteiger partial charge in [0, 0.05) is 17.9 Å². The average molecular weight is 351 g/mol. The molecule has 2 N–H and O–H groups in total. The Balaban J connectivity index is 1.48. The highest BCUT2D eigenvalue weighted by Crippen LogP contribution is 2.28. The Labute approximate surface area is 151 Å². The molecule has 134 valence electrons. The number of hydrogen-bond acceptors (Lipinski definition) is 4. The highest BCUT2D eigenvalue weighted by molar-refractivity contribution is 5.94. The van der Waals surface area contributed by atoms with Crippen LogP contribution in [0, 0.1) is 0 Å². The summed E-state index contributed by atoms with van der Waals surface area (Å²) in [5.74, 6) is 1.48. The van der Waals surface area contributed by atoms with E-state index in [1.165, 1.54) is 0 Å². The van der Waals surface area contributed by atoms with Crippen LogP contribution in [0.5, 0.6) is 5.75 Å². The van der Waals surface area contributed by atoms with Gasteiger partial charge >= 0.3 is 0 Å². The van der Waals surface area contributed by atoms with E-state index < -0.39 is 0 Å². The second-order valence-corrected chi connectivity index (χ2v) is 6.39. The molecule has 0 radical (unpaired) electrons. The lowest BCUT2D eigenvalue weighted by Crippen LogP contribution is -2.14. The number of benzene rings is 2. The molecule has 0 bridgehead atoms. The summed E-state index contributed by atoms with van der Waals surface area (Å²) in [6, 6.07) is 13.2. The van der Waals surface area contributed by atoms with E-state index in [-0.39, 0.29) is 18.4 Å². The molecule has 3 aromatic rings. The standard InChI is InChI=1S/C20H21N3O3/c1-25-17-6-3-2-5-13(17)11-19(24)21-14-8-9-15-16(12-14)23-20(22-15)18-7-4-10-26-18/h2-3,5-6,8-9,12,18H,4,7,10-11H2,1H3,(H,21,24)(H,22,23)/t18-/m1/s1. The number of amides is 1. The van der Waals surface area contributed by atoms with Gasteiger partial charge in [-0.1, -0.05) is 18.2 Å². The SMILES string of the molecule is COc1ccccc1CC(=O)Nc1ccc2nc([C@H]3CCCO3)[nH]c2c1. The highest BCUT2D eigenvalue weighted by Gasteiger charge is 2.21. The second kappa shape index (κ2) is 7.17. The molecule has 4 rings (SSSR count). The third-order valence-electron chi connectivity index (χ3n) is 4.56. The minimum atomic E-state index is -0.0901. The van der Waals surface area contributed by atoms with Crippen LogP contribution < -0.4 is 10.1 Å². The Kier molecular flexibility index (Phi) is 4.58. The normalized spacial score (nSPS) is 16.7. The summed E-state index contributed by atoms with van der Waals surface area (Å²) < 4.78 is 11.0. The molecule has 1 amide bonds. The van der Waals surface area contributed by atoms with Crippen molar-refractivity contribution in [2.24, 2.45) is 0 Å². The maximum atomic E-state index is 12.4. The number of para-hydroxylation sites is 1. The lowest BCUT2D eigenvalue weighted by Gasteiger charge is -2.09. The molecular formula is C20H21N3O3. The molecule has 0 aliphatic carbocycles. The molecular weight excluding hydrogens is 330 g/mol. The number of ether oxygens (including phenoxy) is 2. The fraction of sp³-hybridized carbons (Fsp3) is 0.300. The quantitative estimate of drug-likeness (QED) is 0.736. The van der Waals surface area contributed by atoms with Crippen LogP contribution in [0.4, 0.5) is 5.69 Å². The number of aromatic amines is 1. The van der Waals surface area contributed by atoms with Gasteiger partial charge in [0.1, 0.15) is 17.7 Å². The summed E-state index contributed by atoms with van der Waals surface area (Å²) in [7, 11) is 1.61. The van der Waals surface area contributed by atoms with Gasteiger partial charge in [-0.2, -0.15) is 0 Å². The van der Waals surface area contributed by atoms with E-state index in [1.807, 2.05) is 42.5 Å². The number of carbonyl (C=O) groups excluding carboxylic acids is 1. The minimum Gasteiger partial charge on any atom is -0.496 e. The zero-order valence-corrected chi connectivity index (χ0v) is 14.6. The fourth-order valence-corrected chi connectivity index (χ4v) is 3.28. The van der Waals surface area contributed by atoms with Crippen molar-refractivity contribution in [3.63, 3.8) is 0 Å². The van der Waals surface area contributed by atoms with Gasteiger partial charge in [-0.05, 0) is 37.1 Å². The molecule has 0 saturated carbocycles. The second-order valence-electron chi connectivity index (χ2n) is 6.39. The maximum absolute atomic E-state index is 12.4. The first kappa shape index (κ1) is 16.6. The molecule has 2 aromatic carbocycles. The van der Waals surface area contributed by atoms with Crippen LogP contribution in [-0.2, 0) is 16.0 Å². The van der Waals surface area contributed by atoms with Crippen molar-refractivity contribution in [1.29, 1.82) is 0 Å². The lowest BCUT2D eigenvalue weighted by molar-refractivity contribution is -0.115. The van der Waals surface area contributed by atoms with Gasteiger partial charge in [0.05, 0.1) is 24.6 Å². The summed E-state index contributed by atoms with van der Waals surface area (Å²) in [6.45, 7) is 0.784. The van der Waals surface area contributed by atoms with Gasteiger partial charge in [-0.25, -0.2) is 4.98 Å². The number of rotatable bonds is 5. The van der Waals surface area contributed by atoms with Crippen molar-refractivity contribution >= 4 is 22.6 Å². The summed E-state index contributed by atoms with van der Waals surface area (Å²) in [4.78, 5) is 20.3. The fourth-order valence-electron chi connectivity index (χ4n) is 3.28. The highest BCUT2D eigenvalue weighted by atomic mass is 16.5.